The number of hydrogen-bond acceptors (Lipinski definition) is 3. The van der Waals surface area contributed by atoms with E-state index in [1.54, 1.807) is 0 Å². The van der Waals surface area contributed by atoms with Crippen molar-refractivity contribution >= 4 is 0 Å². The van der Waals surface area contributed by atoms with E-state index in [-0.39, 0.29) is 0 Å². The second-order valence-corrected chi connectivity index (χ2v) is 4.07. The van der Waals surface area contributed by atoms with Crippen LogP contribution in [0.15, 0.2) is 24.3 Å². The Morgan fingerprint density at radius 2 is 2.12 bits per heavy atom. The van der Waals surface area contributed by atoms with Crippen molar-refractivity contribution in [3.8, 4) is 0 Å². The minimum atomic E-state index is 0.299. The van der Waals surface area contributed by atoms with Crippen molar-refractivity contribution < 1.29 is 9.47 Å². The smallest absolute Gasteiger partial charge is 0.0672 e. The number of rotatable bonds is 10. The molecule has 0 atom stereocenters. The van der Waals surface area contributed by atoms with Crippen LogP contribution in [0.25, 0.3) is 0 Å². The molecule has 0 aliphatic carbocycles. The Morgan fingerprint density at radius 1 is 1.38 bits per heavy atom. The molecule has 3 heteroatoms. The lowest BCUT2D eigenvalue weighted by atomic mass is 10.4. The lowest BCUT2D eigenvalue weighted by Gasteiger charge is -2.04. The Bertz CT molecular complexity index is 200. The molecule has 0 amide bonds. The van der Waals surface area contributed by atoms with Gasteiger partial charge in [0, 0.05) is 13.1 Å². The maximum absolute atomic E-state index is 5.36. The van der Waals surface area contributed by atoms with Crippen LogP contribution in [0.1, 0.15) is 20.8 Å². The molecule has 94 valence electrons. The molecule has 0 heterocycles. The van der Waals surface area contributed by atoms with Gasteiger partial charge in [0.05, 0.1) is 25.9 Å². The van der Waals surface area contributed by atoms with Gasteiger partial charge in [-0.3, -0.25) is 0 Å². The third kappa shape index (κ3) is 13.4. The largest absolute Gasteiger partial charge is 0.376 e. The van der Waals surface area contributed by atoms with Crippen LogP contribution in [0.2, 0.25) is 0 Å². The van der Waals surface area contributed by atoms with Gasteiger partial charge in [-0.05, 0) is 20.8 Å². The number of hydrogen-bond donors (Lipinski definition) is 1. The monoisotopic (exact) mass is 227 g/mol. The van der Waals surface area contributed by atoms with E-state index in [4.69, 9.17) is 9.47 Å². The zero-order valence-electron chi connectivity index (χ0n) is 10.8. The van der Waals surface area contributed by atoms with Crippen LogP contribution < -0.4 is 5.32 Å². The van der Waals surface area contributed by atoms with E-state index in [9.17, 15) is 0 Å². The first-order chi connectivity index (χ1) is 7.63. The van der Waals surface area contributed by atoms with Gasteiger partial charge in [0.1, 0.15) is 0 Å². The Labute approximate surface area is 99.5 Å². The van der Waals surface area contributed by atoms with Gasteiger partial charge in [0.2, 0.25) is 0 Å². The lowest BCUT2D eigenvalue weighted by Crippen LogP contribution is -2.20. The zero-order chi connectivity index (χ0) is 12.2. The number of ether oxygens (including phenoxy) is 2. The van der Waals surface area contributed by atoms with Crippen LogP contribution in [0.3, 0.4) is 0 Å². The summed E-state index contributed by atoms with van der Waals surface area (Å²) in [5.41, 5.74) is 1.06. The first kappa shape index (κ1) is 15.4. The van der Waals surface area contributed by atoms with Crippen LogP contribution in [-0.2, 0) is 9.47 Å². The molecule has 16 heavy (non-hydrogen) atoms. The van der Waals surface area contributed by atoms with Gasteiger partial charge in [0.15, 0.2) is 0 Å². The molecule has 1 N–H and O–H groups in total. The summed E-state index contributed by atoms with van der Waals surface area (Å²) in [4.78, 5) is 0. The first-order valence-electron chi connectivity index (χ1n) is 5.82. The minimum Gasteiger partial charge on any atom is -0.376 e. The van der Waals surface area contributed by atoms with Gasteiger partial charge in [-0.2, -0.15) is 0 Å². The fourth-order valence-electron chi connectivity index (χ4n) is 0.976. The van der Waals surface area contributed by atoms with Gasteiger partial charge >= 0.3 is 0 Å². The SMILES string of the molecule is C=C(C)COCCNC/C=C/COC(C)C. The molecule has 0 aromatic heterocycles. The van der Waals surface area contributed by atoms with Gasteiger partial charge in [-0.1, -0.05) is 24.3 Å². The molecule has 0 fully saturated rings. The average Bonchev–Trinajstić information content (AvgIpc) is 2.20. The highest BCUT2D eigenvalue weighted by Crippen LogP contribution is 1.87. The molecule has 0 spiro atoms. The summed E-state index contributed by atoms with van der Waals surface area (Å²) in [6.07, 6.45) is 4.40. The predicted molar refractivity (Wildman–Crippen MR) is 68.7 cm³/mol. The molecule has 0 aliphatic heterocycles. The molecule has 0 aromatic rings. The molecule has 0 bridgehead atoms. The first-order valence-corrected chi connectivity index (χ1v) is 5.82. The summed E-state index contributed by atoms with van der Waals surface area (Å²) in [5, 5.41) is 3.25. The number of nitrogens with one attached hydrogen (secondary N) is 1. The van der Waals surface area contributed by atoms with Gasteiger partial charge in [-0.25, -0.2) is 0 Å². The van der Waals surface area contributed by atoms with Crippen LogP contribution in [0.4, 0.5) is 0 Å². The highest BCUT2D eigenvalue weighted by Gasteiger charge is 1.89. The molecular weight excluding hydrogens is 202 g/mol. The second kappa shape index (κ2) is 10.9. The van der Waals surface area contributed by atoms with E-state index >= 15 is 0 Å². The molecular formula is C13H25NO2. The fraction of sp³-hybridized carbons (Fsp3) is 0.692. The third-order valence-electron chi connectivity index (χ3n) is 1.73. The maximum atomic E-state index is 5.36. The summed E-state index contributed by atoms with van der Waals surface area (Å²) in [7, 11) is 0. The van der Waals surface area contributed by atoms with E-state index in [2.05, 4.69) is 18.0 Å². The van der Waals surface area contributed by atoms with Crippen molar-refractivity contribution in [1.29, 1.82) is 0 Å². The van der Waals surface area contributed by atoms with Crippen molar-refractivity contribution in [2.75, 3.05) is 32.9 Å². The quantitative estimate of drug-likeness (QED) is 0.458. The minimum absolute atomic E-state index is 0.299. The molecule has 0 aliphatic rings. The maximum Gasteiger partial charge on any atom is 0.0672 e. The molecule has 0 saturated carbocycles. The van der Waals surface area contributed by atoms with Crippen molar-refractivity contribution in [3.05, 3.63) is 24.3 Å². The van der Waals surface area contributed by atoms with E-state index < -0.39 is 0 Å². The topological polar surface area (TPSA) is 30.5 Å². The molecule has 0 saturated heterocycles. The van der Waals surface area contributed by atoms with Crippen molar-refractivity contribution in [1.82, 2.24) is 5.32 Å². The highest BCUT2D eigenvalue weighted by molar-refractivity contribution is 4.87. The summed E-state index contributed by atoms with van der Waals surface area (Å²) in [6.45, 7) is 13.6. The van der Waals surface area contributed by atoms with E-state index in [0.29, 0.717) is 19.3 Å². The van der Waals surface area contributed by atoms with Crippen LogP contribution in [0.5, 0.6) is 0 Å². The molecule has 0 unspecified atom stereocenters. The van der Waals surface area contributed by atoms with Crippen LogP contribution in [-0.4, -0.2) is 39.0 Å². The van der Waals surface area contributed by atoms with Crippen LogP contribution in [0, 0.1) is 0 Å². The highest BCUT2D eigenvalue weighted by atomic mass is 16.5. The van der Waals surface area contributed by atoms with Crippen molar-refractivity contribution in [3.63, 3.8) is 0 Å². The van der Waals surface area contributed by atoms with E-state index in [0.717, 1.165) is 25.3 Å². The summed E-state index contributed by atoms with van der Waals surface area (Å²) >= 11 is 0. The fourth-order valence-corrected chi connectivity index (χ4v) is 0.976. The van der Waals surface area contributed by atoms with Crippen LogP contribution >= 0.6 is 0 Å². The molecule has 0 rings (SSSR count). The Kier molecular flexibility index (Phi) is 10.4. The Balaban J connectivity index is 3.11. The Hall–Kier alpha value is -0.640. The Morgan fingerprint density at radius 3 is 2.75 bits per heavy atom. The molecule has 0 radical (unpaired) electrons. The van der Waals surface area contributed by atoms with E-state index in [1.807, 2.05) is 26.8 Å². The predicted octanol–water partition coefficient (Wildman–Crippen LogP) is 2.15. The average molecular weight is 227 g/mol. The van der Waals surface area contributed by atoms with Gasteiger partial charge in [0.25, 0.3) is 0 Å². The van der Waals surface area contributed by atoms with Crippen molar-refractivity contribution in [2.45, 2.75) is 26.9 Å². The zero-order valence-corrected chi connectivity index (χ0v) is 10.8. The second-order valence-electron chi connectivity index (χ2n) is 4.07. The third-order valence-corrected chi connectivity index (χ3v) is 1.73. The lowest BCUT2D eigenvalue weighted by molar-refractivity contribution is 0.102. The summed E-state index contributed by atoms with van der Waals surface area (Å²) in [5.74, 6) is 0. The van der Waals surface area contributed by atoms with Gasteiger partial charge in [-0.15, -0.1) is 0 Å². The standard InChI is InChI=1S/C13H25NO2/c1-12(2)11-15-10-8-14-7-5-6-9-16-13(3)4/h5-6,13-14H,1,7-11H2,2-4H3/b6-5+. The summed E-state index contributed by atoms with van der Waals surface area (Å²) in [6, 6.07) is 0. The summed E-state index contributed by atoms with van der Waals surface area (Å²) < 4.78 is 10.7. The van der Waals surface area contributed by atoms with Crippen molar-refractivity contribution in [2.24, 2.45) is 0 Å². The van der Waals surface area contributed by atoms with Gasteiger partial charge < -0.3 is 14.8 Å². The van der Waals surface area contributed by atoms with E-state index in [1.165, 1.54) is 0 Å². The molecule has 0 aromatic carbocycles. The molecule has 3 nitrogen and oxygen atoms in total. The normalized spacial score (nSPS) is 11.5.